The van der Waals surface area contributed by atoms with E-state index in [0.717, 1.165) is 18.7 Å². The van der Waals surface area contributed by atoms with Crippen molar-refractivity contribution in [1.29, 1.82) is 0 Å². The monoisotopic (exact) mass is 258 g/mol. The molecule has 0 bridgehead atoms. The van der Waals surface area contributed by atoms with E-state index in [1.54, 1.807) is 0 Å². The number of fused-ring (bicyclic) bond motifs is 1. The van der Waals surface area contributed by atoms with E-state index in [0.29, 0.717) is 18.4 Å². The van der Waals surface area contributed by atoms with Gasteiger partial charge in [0.05, 0.1) is 0 Å². The minimum atomic E-state index is 0.190. The minimum Gasteiger partial charge on any atom is -0.344 e. The Bertz CT molecular complexity index is 596. The summed E-state index contributed by atoms with van der Waals surface area (Å²) in [6.07, 6.45) is 10.1. The Morgan fingerprint density at radius 2 is 2.21 bits per heavy atom. The topological polar surface area (TPSA) is 69.9 Å². The molecule has 2 aromatic rings. The standard InChI is InChI=1S/C14H18N4O/c15-12-3-1-2-10-6-18(7-11(10)12)8-13-16-14(17-19-13)9-4-5-9/h6-7,9,12H,1-5,8,15H2. The molecule has 0 saturated heterocycles. The smallest absolute Gasteiger partial charge is 0.246 e. The second-order valence-corrected chi connectivity index (χ2v) is 5.73. The van der Waals surface area contributed by atoms with Gasteiger partial charge in [0, 0.05) is 24.4 Å². The van der Waals surface area contributed by atoms with E-state index in [-0.39, 0.29) is 6.04 Å². The van der Waals surface area contributed by atoms with Crippen LogP contribution in [0.5, 0.6) is 0 Å². The summed E-state index contributed by atoms with van der Waals surface area (Å²) in [4.78, 5) is 4.46. The molecule has 1 fully saturated rings. The highest BCUT2D eigenvalue weighted by Crippen LogP contribution is 2.38. The van der Waals surface area contributed by atoms with Crippen molar-refractivity contribution in [2.45, 2.75) is 50.6 Å². The van der Waals surface area contributed by atoms with E-state index >= 15 is 0 Å². The molecule has 0 amide bonds. The highest BCUT2D eigenvalue weighted by atomic mass is 16.5. The van der Waals surface area contributed by atoms with Gasteiger partial charge in [0.2, 0.25) is 5.89 Å². The van der Waals surface area contributed by atoms with Gasteiger partial charge in [-0.25, -0.2) is 0 Å². The van der Waals surface area contributed by atoms with Crippen LogP contribution in [0.15, 0.2) is 16.9 Å². The predicted molar refractivity (Wildman–Crippen MR) is 69.7 cm³/mol. The molecule has 0 spiro atoms. The number of hydrogen-bond acceptors (Lipinski definition) is 4. The van der Waals surface area contributed by atoms with Gasteiger partial charge in [-0.2, -0.15) is 4.98 Å². The number of hydrogen-bond donors (Lipinski definition) is 1. The van der Waals surface area contributed by atoms with Crippen LogP contribution in [0.4, 0.5) is 0 Å². The highest BCUT2D eigenvalue weighted by Gasteiger charge is 2.28. The van der Waals surface area contributed by atoms with Gasteiger partial charge in [-0.05, 0) is 43.2 Å². The molecule has 1 unspecified atom stereocenters. The number of nitrogens with two attached hydrogens (primary N) is 1. The van der Waals surface area contributed by atoms with Crippen molar-refractivity contribution in [1.82, 2.24) is 14.7 Å². The molecule has 2 N–H and O–H groups in total. The molecule has 19 heavy (non-hydrogen) atoms. The molecular weight excluding hydrogens is 240 g/mol. The summed E-state index contributed by atoms with van der Waals surface area (Å²) in [5, 5.41) is 4.05. The molecule has 0 aliphatic heterocycles. The van der Waals surface area contributed by atoms with E-state index < -0.39 is 0 Å². The summed E-state index contributed by atoms with van der Waals surface area (Å²) >= 11 is 0. The first-order chi connectivity index (χ1) is 9.29. The Kier molecular flexibility index (Phi) is 2.48. The maximum atomic E-state index is 6.14. The lowest BCUT2D eigenvalue weighted by Crippen LogP contribution is -2.15. The third-order valence-corrected chi connectivity index (χ3v) is 4.10. The molecule has 1 atom stereocenters. The van der Waals surface area contributed by atoms with Gasteiger partial charge in [0.15, 0.2) is 5.82 Å². The fourth-order valence-corrected chi connectivity index (χ4v) is 2.87. The Labute approximate surface area is 111 Å². The third kappa shape index (κ3) is 2.08. The molecule has 1 saturated carbocycles. The van der Waals surface area contributed by atoms with Crippen LogP contribution in [0.25, 0.3) is 0 Å². The van der Waals surface area contributed by atoms with Crippen LogP contribution >= 0.6 is 0 Å². The second kappa shape index (κ2) is 4.20. The van der Waals surface area contributed by atoms with Crippen molar-refractivity contribution in [2.24, 2.45) is 5.73 Å². The average Bonchev–Trinajstić information content (AvgIpc) is 3.00. The fraction of sp³-hybridized carbons (Fsp3) is 0.571. The molecular formula is C14H18N4O. The van der Waals surface area contributed by atoms with E-state index in [2.05, 4.69) is 27.1 Å². The van der Waals surface area contributed by atoms with Gasteiger partial charge in [0.25, 0.3) is 0 Å². The van der Waals surface area contributed by atoms with Gasteiger partial charge in [-0.15, -0.1) is 0 Å². The molecule has 4 rings (SSSR count). The van der Waals surface area contributed by atoms with Crippen LogP contribution in [0, 0.1) is 0 Å². The van der Waals surface area contributed by atoms with Gasteiger partial charge in [0.1, 0.15) is 6.54 Å². The van der Waals surface area contributed by atoms with Crippen molar-refractivity contribution in [3.8, 4) is 0 Å². The van der Waals surface area contributed by atoms with E-state index in [1.165, 1.54) is 30.4 Å². The maximum Gasteiger partial charge on any atom is 0.246 e. The number of aryl methyl sites for hydroxylation is 1. The second-order valence-electron chi connectivity index (χ2n) is 5.73. The lowest BCUT2D eigenvalue weighted by atomic mass is 9.92. The summed E-state index contributed by atoms with van der Waals surface area (Å²) in [5.74, 6) is 2.12. The summed E-state index contributed by atoms with van der Waals surface area (Å²) in [6, 6.07) is 0.190. The Morgan fingerprint density at radius 1 is 1.32 bits per heavy atom. The Balaban J connectivity index is 1.55. The summed E-state index contributed by atoms with van der Waals surface area (Å²) in [7, 11) is 0. The molecule has 0 aromatic carbocycles. The highest BCUT2D eigenvalue weighted by molar-refractivity contribution is 5.30. The van der Waals surface area contributed by atoms with Crippen molar-refractivity contribution in [3.63, 3.8) is 0 Å². The van der Waals surface area contributed by atoms with Crippen LogP contribution < -0.4 is 5.73 Å². The summed E-state index contributed by atoms with van der Waals surface area (Å²) < 4.78 is 7.44. The molecule has 5 nitrogen and oxygen atoms in total. The van der Waals surface area contributed by atoms with Gasteiger partial charge in [-0.1, -0.05) is 5.16 Å². The molecule has 5 heteroatoms. The van der Waals surface area contributed by atoms with E-state index in [1.807, 2.05) is 0 Å². The molecule has 2 aliphatic carbocycles. The Morgan fingerprint density at radius 3 is 3.00 bits per heavy atom. The molecule has 100 valence electrons. The van der Waals surface area contributed by atoms with Crippen LogP contribution in [0.2, 0.25) is 0 Å². The first kappa shape index (κ1) is 11.2. The van der Waals surface area contributed by atoms with Crippen LogP contribution in [0.1, 0.15) is 60.5 Å². The average molecular weight is 258 g/mol. The normalized spacial score (nSPS) is 22.5. The summed E-state index contributed by atoms with van der Waals surface area (Å²) in [6.45, 7) is 0.652. The first-order valence-electron chi connectivity index (χ1n) is 7.06. The lowest BCUT2D eigenvalue weighted by molar-refractivity contribution is 0.366. The molecule has 0 radical (unpaired) electrons. The molecule has 2 heterocycles. The van der Waals surface area contributed by atoms with Crippen molar-refractivity contribution < 1.29 is 4.52 Å². The van der Waals surface area contributed by atoms with Gasteiger partial charge < -0.3 is 14.8 Å². The lowest BCUT2D eigenvalue weighted by Gasteiger charge is -2.17. The first-order valence-corrected chi connectivity index (χ1v) is 7.06. The van der Waals surface area contributed by atoms with Gasteiger partial charge >= 0.3 is 0 Å². The SMILES string of the molecule is NC1CCCc2cn(Cc3nc(C4CC4)no3)cc21. The zero-order chi connectivity index (χ0) is 12.8. The van der Waals surface area contributed by atoms with E-state index in [4.69, 9.17) is 10.3 Å². The third-order valence-electron chi connectivity index (χ3n) is 4.10. The molecule has 2 aliphatic rings. The van der Waals surface area contributed by atoms with Crippen molar-refractivity contribution in [2.75, 3.05) is 0 Å². The minimum absolute atomic E-state index is 0.190. The maximum absolute atomic E-state index is 6.14. The largest absolute Gasteiger partial charge is 0.344 e. The van der Waals surface area contributed by atoms with Gasteiger partial charge in [-0.3, -0.25) is 0 Å². The fourth-order valence-electron chi connectivity index (χ4n) is 2.87. The molecule has 2 aromatic heterocycles. The zero-order valence-electron chi connectivity index (χ0n) is 10.9. The number of nitrogens with zero attached hydrogens (tertiary/aromatic N) is 3. The van der Waals surface area contributed by atoms with Crippen molar-refractivity contribution in [3.05, 3.63) is 35.2 Å². The predicted octanol–water partition coefficient (Wildman–Crippen LogP) is 2.13. The van der Waals surface area contributed by atoms with Crippen LogP contribution in [0.3, 0.4) is 0 Å². The number of rotatable bonds is 3. The van der Waals surface area contributed by atoms with Crippen LogP contribution in [-0.4, -0.2) is 14.7 Å². The Hall–Kier alpha value is -1.62. The summed E-state index contributed by atoms with van der Waals surface area (Å²) in [5.41, 5.74) is 8.80. The number of aromatic nitrogens is 3. The zero-order valence-corrected chi connectivity index (χ0v) is 10.9. The van der Waals surface area contributed by atoms with Crippen LogP contribution in [-0.2, 0) is 13.0 Å². The quantitative estimate of drug-likeness (QED) is 0.915. The van der Waals surface area contributed by atoms with Crippen molar-refractivity contribution >= 4 is 0 Å². The van der Waals surface area contributed by atoms with E-state index in [9.17, 15) is 0 Å².